The van der Waals surface area contributed by atoms with E-state index in [2.05, 4.69) is 22.7 Å². The summed E-state index contributed by atoms with van der Waals surface area (Å²) in [6, 6.07) is 2.76. The molecule has 1 aromatic heterocycles. The molecule has 116 valence electrons. The number of nitro groups is 1. The number of pyridine rings is 1. The number of hydrogen-bond acceptors (Lipinski definition) is 7. The minimum atomic E-state index is -0.848. The first kappa shape index (κ1) is 15.5. The Morgan fingerprint density at radius 3 is 3.00 bits per heavy atom. The Bertz CT molecular complexity index is 525. The first-order valence-electron chi connectivity index (χ1n) is 7.02. The van der Waals surface area contributed by atoms with Gasteiger partial charge in [0.15, 0.2) is 0 Å². The summed E-state index contributed by atoms with van der Waals surface area (Å²) in [5, 5.41) is 24.5. The summed E-state index contributed by atoms with van der Waals surface area (Å²) in [5.41, 5.74) is 1.37. The SMILES string of the molecule is CC1CCCC(O)(CNc2nc(NN)ccc2[N+](=O)[O-])C1. The van der Waals surface area contributed by atoms with Gasteiger partial charge in [0, 0.05) is 12.6 Å². The number of aromatic nitrogens is 1. The predicted octanol–water partition coefficient (Wildman–Crippen LogP) is 1.63. The average Bonchev–Trinajstić information content (AvgIpc) is 2.44. The van der Waals surface area contributed by atoms with E-state index < -0.39 is 10.5 Å². The number of hydrazine groups is 1. The van der Waals surface area contributed by atoms with Crippen LogP contribution in [0.25, 0.3) is 0 Å². The second-order valence-electron chi connectivity index (χ2n) is 5.75. The van der Waals surface area contributed by atoms with E-state index in [4.69, 9.17) is 5.84 Å². The molecular formula is C13H21N5O3. The van der Waals surface area contributed by atoms with Crippen molar-refractivity contribution in [2.24, 2.45) is 11.8 Å². The van der Waals surface area contributed by atoms with E-state index in [9.17, 15) is 15.2 Å². The van der Waals surface area contributed by atoms with Gasteiger partial charge in [-0.2, -0.15) is 0 Å². The van der Waals surface area contributed by atoms with Crippen LogP contribution in [0, 0.1) is 16.0 Å². The van der Waals surface area contributed by atoms with Crippen molar-refractivity contribution in [3.8, 4) is 0 Å². The zero-order valence-electron chi connectivity index (χ0n) is 12.0. The molecule has 2 atom stereocenters. The molecule has 0 saturated heterocycles. The van der Waals surface area contributed by atoms with Crippen LogP contribution in [0.15, 0.2) is 12.1 Å². The van der Waals surface area contributed by atoms with Crippen LogP contribution >= 0.6 is 0 Å². The molecule has 0 aliphatic heterocycles. The van der Waals surface area contributed by atoms with E-state index in [0.717, 1.165) is 12.8 Å². The van der Waals surface area contributed by atoms with E-state index in [1.54, 1.807) is 0 Å². The Morgan fingerprint density at radius 1 is 1.62 bits per heavy atom. The lowest BCUT2D eigenvalue weighted by molar-refractivity contribution is -0.384. The number of aliphatic hydroxyl groups is 1. The quantitative estimate of drug-likeness (QED) is 0.369. The molecule has 1 aliphatic rings. The second-order valence-corrected chi connectivity index (χ2v) is 5.75. The van der Waals surface area contributed by atoms with Gasteiger partial charge in [-0.1, -0.05) is 19.8 Å². The van der Waals surface area contributed by atoms with Crippen LogP contribution in [0.3, 0.4) is 0 Å². The summed E-state index contributed by atoms with van der Waals surface area (Å²) in [6.07, 6.45) is 3.43. The van der Waals surface area contributed by atoms with Crippen molar-refractivity contribution < 1.29 is 10.0 Å². The summed E-state index contributed by atoms with van der Waals surface area (Å²) in [6.45, 7) is 2.34. The van der Waals surface area contributed by atoms with Crippen LogP contribution in [0.5, 0.6) is 0 Å². The van der Waals surface area contributed by atoms with Gasteiger partial charge in [-0.3, -0.25) is 10.1 Å². The molecule has 1 fully saturated rings. The highest BCUT2D eigenvalue weighted by atomic mass is 16.6. The van der Waals surface area contributed by atoms with Crippen LogP contribution in [0.2, 0.25) is 0 Å². The number of nitrogen functional groups attached to an aromatic ring is 1. The zero-order valence-corrected chi connectivity index (χ0v) is 12.0. The largest absolute Gasteiger partial charge is 0.388 e. The van der Waals surface area contributed by atoms with Crippen molar-refractivity contribution in [1.29, 1.82) is 0 Å². The maximum absolute atomic E-state index is 11.0. The van der Waals surface area contributed by atoms with Gasteiger partial charge in [0.25, 0.3) is 0 Å². The first-order valence-corrected chi connectivity index (χ1v) is 7.02. The molecule has 2 unspecified atom stereocenters. The molecule has 2 rings (SSSR count). The molecule has 0 bridgehead atoms. The van der Waals surface area contributed by atoms with Gasteiger partial charge in [0.2, 0.25) is 5.82 Å². The van der Waals surface area contributed by atoms with E-state index in [1.807, 2.05) is 0 Å². The fraction of sp³-hybridized carbons (Fsp3) is 0.615. The molecule has 0 spiro atoms. The molecule has 1 saturated carbocycles. The van der Waals surface area contributed by atoms with Gasteiger partial charge in [-0.05, 0) is 24.8 Å². The Labute approximate surface area is 122 Å². The van der Waals surface area contributed by atoms with E-state index in [1.165, 1.54) is 12.1 Å². The lowest BCUT2D eigenvalue weighted by atomic mass is 9.79. The van der Waals surface area contributed by atoms with E-state index in [0.29, 0.717) is 24.6 Å². The molecule has 0 aromatic carbocycles. The van der Waals surface area contributed by atoms with Gasteiger partial charge in [0.1, 0.15) is 5.82 Å². The Morgan fingerprint density at radius 2 is 2.38 bits per heavy atom. The van der Waals surface area contributed by atoms with Crippen LogP contribution in [0.4, 0.5) is 17.3 Å². The average molecular weight is 295 g/mol. The van der Waals surface area contributed by atoms with Gasteiger partial charge in [-0.25, -0.2) is 10.8 Å². The van der Waals surface area contributed by atoms with Crippen LogP contribution in [0.1, 0.15) is 32.6 Å². The fourth-order valence-electron chi connectivity index (χ4n) is 2.85. The summed E-state index contributed by atoms with van der Waals surface area (Å²) >= 11 is 0. The van der Waals surface area contributed by atoms with Crippen LogP contribution < -0.4 is 16.6 Å². The number of anilines is 2. The standard InChI is InChI=1S/C13H21N5O3/c1-9-3-2-6-13(19,7-9)8-15-12-10(18(20)21)4-5-11(16-12)17-14/h4-5,9,19H,2-3,6-8,14H2,1H3,(H2,15,16,17). The highest BCUT2D eigenvalue weighted by molar-refractivity contribution is 5.60. The summed E-state index contributed by atoms with van der Waals surface area (Å²) < 4.78 is 0. The van der Waals surface area contributed by atoms with Gasteiger partial charge in [0.05, 0.1) is 10.5 Å². The lowest BCUT2D eigenvalue weighted by Crippen LogP contribution is -2.41. The highest BCUT2D eigenvalue weighted by Crippen LogP contribution is 2.33. The molecule has 5 N–H and O–H groups in total. The first-order chi connectivity index (χ1) is 9.93. The molecule has 21 heavy (non-hydrogen) atoms. The Kier molecular flexibility index (Phi) is 4.59. The minimum absolute atomic E-state index is 0.113. The third-order valence-corrected chi connectivity index (χ3v) is 3.87. The summed E-state index contributed by atoms with van der Waals surface area (Å²) in [5.74, 6) is 6.16. The number of nitrogens with zero attached hydrogens (tertiary/aromatic N) is 2. The molecule has 1 aliphatic carbocycles. The maximum atomic E-state index is 11.0. The second kappa shape index (κ2) is 6.23. The van der Waals surface area contributed by atoms with Gasteiger partial charge < -0.3 is 15.8 Å². The maximum Gasteiger partial charge on any atom is 0.311 e. The number of nitrogens with two attached hydrogens (primary N) is 1. The van der Waals surface area contributed by atoms with Gasteiger partial charge in [-0.15, -0.1) is 0 Å². The van der Waals surface area contributed by atoms with Gasteiger partial charge >= 0.3 is 5.69 Å². The molecule has 8 heteroatoms. The van der Waals surface area contributed by atoms with Crippen LogP contribution in [-0.4, -0.2) is 27.2 Å². The Hall–Kier alpha value is -1.93. The zero-order chi connectivity index (χ0) is 15.5. The van der Waals surface area contributed by atoms with Crippen molar-refractivity contribution in [3.05, 3.63) is 22.2 Å². The Balaban J connectivity index is 2.13. The number of hydrogen-bond donors (Lipinski definition) is 4. The monoisotopic (exact) mass is 295 g/mol. The smallest absolute Gasteiger partial charge is 0.311 e. The summed E-state index contributed by atoms with van der Waals surface area (Å²) in [4.78, 5) is 14.6. The third-order valence-electron chi connectivity index (χ3n) is 3.87. The third kappa shape index (κ3) is 3.79. The molecule has 0 amide bonds. The van der Waals surface area contributed by atoms with Crippen LogP contribution in [-0.2, 0) is 0 Å². The van der Waals surface area contributed by atoms with Crippen molar-refractivity contribution in [1.82, 2.24) is 4.98 Å². The topological polar surface area (TPSA) is 126 Å². The fourth-order valence-corrected chi connectivity index (χ4v) is 2.85. The van der Waals surface area contributed by atoms with E-state index in [-0.39, 0.29) is 18.1 Å². The number of nitrogens with one attached hydrogen (secondary N) is 2. The molecule has 1 aromatic rings. The van der Waals surface area contributed by atoms with Crippen molar-refractivity contribution in [2.45, 2.75) is 38.2 Å². The summed E-state index contributed by atoms with van der Waals surface area (Å²) in [7, 11) is 0. The van der Waals surface area contributed by atoms with Crippen molar-refractivity contribution in [2.75, 3.05) is 17.3 Å². The van der Waals surface area contributed by atoms with Crippen molar-refractivity contribution in [3.63, 3.8) is 0 Å². The minimum Gasteiger partial charge on any atom is -0.388 e. The molecular weight excluding hydrogens is 274 g/mol. The molecule has 1 heterocycles. The number of rotatable bonds is 5. The normalized spacial score (nSPS) is 25.4. The molecule has 0 radical (unpaired) electrons. The molecule has 8 nitrogen and oxygen atoms in total. The van der Waals surface area contributed by atoms with Crippen molar-refractivity contribution >= 4 is 17.3 Å². The highest BCUT2D eigenvalue weighted by Gasteiger charge is 2.33. The lowest BCUT2D eigenvalue weighted by Gasteiger charge is -2.35. The van der Waals surface area contributed by atoms with E-state index >= 15 is 0 Å². The predicted molar refractivity (Wildman–Crippen MR) is 79.8 cm³/mol.